The van der Waals surface area contributed by atoms with E-state index in [1.165, 1.54) is 0 Å². The topological polar surface area (TPSA) is 59.9 Å². The van der Waals surface area contributed by atoms with Crippen LogP contribution in [-0.2, 0) is 11.2 Å². The summed E-state index contributed by atoms with van der Waals surface area (Å²) in [6.07, 6.45) is 2.40. The van der Waals surface area contributed by atoms with Gasteiger partial charge in [-0.1, -0.05) is 40.2 Å². The van der Waals surface area contributed by atoms with Gasteiger partial charge in [0.2, 0.25) is 0 Å². The Morgan fingerprint density at radius 2 is 2.16 bits per heavy atom. The maximum atomic E-state index is 11.9. The lowest BCUT2D eigenvalue weighted by molar-refractivity contribution is -0.123. The van der Waals surface area contributed by atoms with E-state index in [1.54, 1.807) is 12.3 Å². The Morgan fingerprint density at radius 3 is 2.96 bits per heavy atom. The Hall–Kier alpha value is -2.34. The molecule has 0 aliphatic carbocycles. The van der Waals surface area contributed by atoms with Gasteiger partial charge in [-0.05, 0) is 37.6 Å². The molecule has 1 N–H and O–H groups in total. The van der Waals surface area contributed by atoms with Crippen molar-refractivity contribution in [2.75, 3.05) is 6.61 Å². The first kappa shape index (κ1) is 17.5. The quantitative estimate of drug-likeness (QED) is 0.612. The fourth-order valence-electron chi connectivity index (χ4n) is 2.64. The van der Waals surface area contributed by atoms with E-state index >= 15 is 0 Å². The predicted octanol–water partition coefficient (Wildman–Crippen LogP) is 3.69. The number of hydrogen-bond donors (Lipinski definition) is 1. The number of fused-ring (bicyclic) bond motifs is 1. The van der Waals surface area contributed by atoms with Crippen molar-refractivity contribution in [2.24, 2.45) is 5.10 Å². The monoisotopic (exact) mass is 402 g/mol. The van der Waals surface area contributed by atoms with Gasteiger partial charge in [0.25, 0.3) is 5.91 Å². The number of nitrogens with zero attached hydrogens (tertiary/aromatic N) is 1. The summed E-state index contributed by atoms with van der Waals surface area (Å²) in [5, 5.41) is 3.93. The third-order valence-corrected chi connectivity index (χ3v) is 4.16. The minimum atomic E-state index is -0.332. The van der Waals surface area contributed by atoms with E-state index in [2.05, 4.69) is 26.5 Å². The molecule has 3 rings (SSSR count). The van der Waals surface area contributed by atoms with Crippen molar-refractivity contribution in [1.29, 1.82) is 0 Å². The van der Waals surface area contributed by atoms with Crippen molar-refractivity contribution in [3.05, 3.63) is 58.1 Å². The van der Waals surface area contributed by atoms with Crippen molar-refractivity contribution < 1.29 is 14.3 Å². The van der Waals surface area contributed by atoms with Crippen LogP contribution >= 0.6 is 15.9 Å². The van der Waals surface area contributed by atoms with Crippen LogP contribution in [0.4, 0.5) is 0 Å². The van der Waals surface area contributed by atoms with Gasteiger partial charge in [0.1, 0.15) is 5.60 Å². The molecule has 2 aromatic carbocycles. The van der Waals surface area contributed by atoms with Crippen LogP contribution in [0.1, 0.15) is 25.0 Å². The number of ether oxygens (including phenoxy) is 2. The summed E-state index contributed by atoms with van der Waals surface area (Å²) in [5.41, 5.74) is 4.18. The van der Waals surface area contributed by atoms with E-state index < -0.39 is 0 Å². The van der Waals surface area contributed by atoms with Gasteiger partial charge in [-0.25, -0.2) is 5.43 Å². The van der Waals surface area contributed by atoms with Crippen LogP contribution in [0.3, 0.4) is 0 Å². The Kier molecular flexibility index (Phi) is 5.08. The zero-order chi connectivity index (χ0) is 17.9. The molecule has 0 spiro atoms. The zero-order valence-corrected chi connectivity index (χ0v) is 15.7. The number of hydrazone groups is 1. The van der Waals surface area contributed by atoms with Crippen molar-refractivity contribution in [3.63, 3.8) is 0 Å². The highest BCUT2D eigenvalue weighted by Crippen LogP contribution is 2.41. The second-order valence-corrected chi connectivity index (χ2v) is 7.34. The zero-order valence-electron chi connectivity index (χ0n) is 14.1. The summed E-state index contributed by atoms with van der Waals surface area (Å²) in [6.45, 7) is 3.93. The van der Waals surface area contributed by atoms with Crippen LogP contribution in [0.15, 0.2) is 52.0 Å². The molecule has 0 radical (unpaired) electrons. The molecule has 25 heavy (non-hydrogen) atoms. The van der Waals surface area contributed by atoms with Crippen molar-refractivity contribution in [3.8, 4) is 11.5 Å². The first-order valence-electron chi connectivity index (χ1n) is 7.94. The molecular formula is C19H19BrN2O3. The van der Waals surface area contributed by atoms with Gasteiger partial charge in [0.05, 0.1) is 6.21 Å². The maximum Gasteiger partial charge on any atom is 0.277 e. The van der Waals surface area contributed by atoms with Crippen molar-refractivity contribution in [2.45, 2.75) is 25.9 Å². The molecule has 2 aromatic rings. The molecule has 1 amide bonds. The lowest BCUT2D eigenvalue weighted by atomic mass is 10.0. The number of carbonyl (C=O) groups is 1. The molecule has 6 heteroatoms. The number of halogens is 1. The first-order chi connectivity index (χ1) is 11.9. The van der Waals surface area contributed by atoms with E-state index in [0.29, 0.717) is 5.75 Å². The van der Waals surface area contributed by atoms with Gasteiger partial charge >= 0.3 is 0 Å². The molecule has 1 aliphatic heterocycles. The highest BCUT2D eigenvalue weighted by Gasteiger charge is 2.32. The van der Waals surface area contributed by atoms with Gasteiger partial charge in [-0.15, -0.1) is 0 Å². The number of hydrogen-bond acceptors (Lipinski definition) is 4. The highest BCUT2D eigenvalue weighted by molar-refractivity contribution is 9.10. The van der Waals surface area contributed by atoms with E-state index in [0.717, 1.165) is 27.8 Å². The molecule has 0 saturated heterocycles. The minimum absolute atomic E-state index is 0.129. The van der Waals surface area contributed by atoms with E-state index in [1.807, 2.05) is 50.2 Å². The van der Waals surface area contributed by atoms with Gasteiger partial charge in [0.15, 0.2) is 18.1 Å². The summed E-state index contributed by atoms with van der Waals surface area (Å²) in [7, 11) is 0. The van der Waals surface area contributed by atoms with Crippen LogP contribution < -0.4 is 14.9 Å². The molecular weight excluding hydrogens is 384 g/mol. The lowest BCUT2D eigenvalue weighted by Crippen LogP contribution is -2.26. The normalized spacial score (nSPS) is 14.8. The van der Waals surface area contributed by atoms with Crippen LogP contribution in [-0.4, -0.2) is 24.3 Å². The fourth-order valence-corrected chi connectivity index (χ4v) is 3.06. The fraction of sp³-hybridized carbons (Fsp3) is 0.263. The van der Waals surface area contributed by atoms with E-state index in [4.69, 9.17) is 9.47 Å². The molecule has 0 saturated carbocycles. The number of benzene rings is 2. The van der Waals surface area contributed by atoms with Gasteiger partial charge in [0, 0.05) is 16.5 Å². The summed E-state index contributed by atoms with van der Waals surface area (Å²) < 4.78 is 12.5. The molecule has 0 atom stereocenters. The summed E-state index contributed by atoms with van der Waals surface area (Å²) in [4.78, 5) is 11.9. The van der Waals surface area contributed by atoms with Gasteiger partial charge in [-0.3, -0.25) is 4.79 Å². The number of nitrogens with one attached hydrogen (secondary N) is 1. The molecule has 1 heterocycles. The van der Waals surface area contributed by atoms with Gasteiger partial charge < -0.3 is 9.47 Å². The van der Waals surface area contributed by atoms with E-state index in [-0.39, 0.29) is 18.1 Å². The third kappa shape index (κ3) is 4.60. The Labute approximate surface area is 155 Å². The van der Waals surface area contributed by atoms with Crippen LogP contribution in [0.2, 0.25) is 0 Å². The second kappa shape index (κ2) is 7.27. The van der Waals surface area contributed by atoms with Crippen LogP contribution in [0.5, 0.6) is 11.5 Å². The SMILES string of the molecule is CC1(C)Cc2cccc(OCC(=O)N/N=C/c3cccc(Br)c3)c2O1. The smallest absolute Gasteiger partial charge is 0.277 e. The van der Waals surface area contributed by atoms with Crippen LogP contribution in [0, 0.1) is 0 Å². The molecule has 5 nitrogen and oxygen atoms in total. The highest BCUT2D eigenvalue weighted by atomic mass is 79.9. The molecule has 0 fully saturated rings. The summed E-state index contributed by atoms with van der Waals surface area (Å²) >= 11 is 3.39. The number of rotatable bonds is 5. The predicted molar refractivity (Wildman–Crippen MR) is 100 cm³/mol. The standard InChI is InChI=1S/C19H19BrN2O3/c1-19(2)10-14-6-4-8-16(18(14)25-19)24-12-17(23)22-21-11-13-5-3-7-15(20)9-13/h3-9,11H,10,12H2,1-2H3,(H,22,23)/b21-11+. The Balaban J connectivity index is 1.55. The minimum Gasteiger partial charge on any atom is -0.483 e. The first-order valence-corrected chi connectivity index (χ1v) is 8.73. The number of para-hydroxylation sites is 1. The molecule has 130 valence electrons. The lowest BCUT2D eigenvalue weighted by Gasteiger charge is -2.18. The molecule has 0 bridgehead atoms. The summed E-state index contributed by atoms with van der Waals surface area (Å²) in [5.74, 6) is 0.966. The third-order valence-electron chi connectivity index (χ3n) is 3.67. The molecule has 0 aromatic heterocycles. The molecule has 0 unspecified atom stereocenters. The largest absolute Gasteiger partial charge is 0.483 e. The van der Waals surface area contributed by atoms with Crippen molar-refractivity contribution >= 4 is 28.1 Å². The number of amides is 1. The van der Waals surface area contributed by atoms with E-state index in [9.17, 15) is 4.79 Å². The average Bonchev–Trinajstić information content (AvgIpc) is 2.87. The maximum absolute atomic E-state index is 11.9. The molecule has 1 aliphatic rings. The summed E-state index contributed by atoms with van der Waals surface area (Å²) in [6, 6.07) is 13.3. The number of carbonyl (C=O) groups excluding carboxylic acids is 1. The van der Waals surface area contributed by atoms with Crippen molar-refractivity contribution in [1.82, 2.24) is 5.43 Å². The Morgan fingerprint density at radius 1 is 1.36 bits per heavy atom. The van der Waals surface area contributed by atoms with Gasteiger partial charge in [-0.2, -0.15) is 5.10 Å². The average molecular weight is 403 g/mol. The second-order valence-electron chi connectivity index (χ2n) is 6.42. The van der Waals surface area contributed by atoms with Crippen LogP contribution in [0.25, 0.3) is 0 Å². The Bertz CT molecular complexity index is 818.